The predicted octanol–water partition coefficient (Wildman–Crippen LogP) is 8.35. The molecule has 6 heterocycles. The van der Waals surface area contributed by atoms with Crippen LogP contribution in [0.1, 0.15) is 43.9 Å². The lowest BCUT2D eigenvalue weighted by Gasteiger charge is -2.19. The van der Waals surface area contributed by atoms with Crippen molar-refractivity contribution < 1.29 is 4.79 Å². The van der Waals surface area contributed by atoms with Crippen molar-refractivity contribution in [1.82, 2.24) is 29.5 Å². The van der Waals surface area contributed by atoms with E-state index in [9.17, 15) is 10.1 Å². The van der Waals surface area contributed by atoms with E-state index in [1.807, 2.05) is 61.2 Å². The Balaban J connectivity index is 0.000000169. The van der Waals surface area contributed by atoms with Crippen molar-refractivity contribution in [2.45, 2.75) is 36.4 Å². The van der Waals surface area contributed by atoms with Crippen LogP contribution in [0.4, 0.5) is 11.6 Å². The molecule has 2 aromatic carbocycles. The van der Waals surface area contributed by atoms with Crippen molar-refractivity contribution in [3.05, 3.63) is 128 Å². The molecule has 0 saturated carbocycles. The average molecular weight is 899 g/mol. The maximum absolute atomic E-state index is 12.0. The Morgan fingerprint density at radius 3 is 1.71 bits per heavy atom. The van der Waals surface area contributed by atoms with Crippen molar-refractivity contribution in [3.8, 4) is 28.8 Å². The van der Waals surface area contributed by atoms with Crippen molar-refractivity contribution >= 4 is 72.9 Å². The van der Waals surface area contributed by atoms with Gasteiger partial charge in [0.25, 0.3) is 0 Å². The smallest absolute Gasteiger partial charge is 0.240 e. The number of nitrogens with two attached hydrogens (primary N) is 1. The van der Waals surface area contributed by atoms with Gasteiger partial charge in [-0.1, -0.05) is 56.1 Å². The normalized spacial score (nSPS) is 18.9. The number of thioether (sulfide) groups is 2. The number of anilines is 2. The molecule has 0 spiro atoms. The van der Waals surface area contributed by atoms with Gasteiger partial charge in [0.15, 0.2) is 0 Å². The van der Waals surface area contributed by atoms with E-state index in [4.69, 9.17) is 15.9 Å². The predicted molar refractivity (Wildman–Crippen MR) is 229 cm³/mol. The number of carbonyl (C=O) groups is 1. The third-order valence-electron chi connectivity index (χ3n) is 9.52. The minimum atomic E-state index is -0.462. The van der Waals surface area contributed by atoms with Gasteiger partial charge in [-0.2, -0.15) is 15.5 Å². The first-order valence-electron chi connectivity index (χ1n) is 17.5. The van der Waals surface area contributed by atoms with E-state index in [1.54, 1.807) is 40.6 Å². The summed E-state index contributed by atoms with van der Waals surface area (Å²) in [4.78, 5) is 21.0. The van der Waals surface area contributed by atoms with Gasteiger partial charge >= 0.3 is 0 Å². The number of rotatable bonds is 5. The highest BCUT2D eigenvalue weighted by Crippen LogP contribution is 2.49. The molecule has 6 aromatic rings. The van der Waals surface area contributed by atoms with Crippen LogP contribution in [0, 0.1) is 25.2 Å². The molecule has 0 fully saturated rings. The van der Waals surface area contributed by atoms with Crippen LogP contribution >= 0.6 is 55.4 Å². The molecule has 2 aliphatic rings. The highest BCUT2D eigenvalue weighted by Gasteiger charge is 2.35. The molecule has 2 aliphatic heterocycles. The van der Waals surface area contributed by atoms with Gasteiger partial charge in [-0.25, -0.2) is 0 Å². The molecule has 4 aromatic heterocycles. The van der Waals surface area contributed by atoms with Gasteiger partial charge in [-0.15, -0.1) is 23.5 Å². The Morgan fingerprint density at radius 1 is 0.782 bits per heavy atom. The number of carbonyl (C=O) groups excluding carboxylic acids is 1. The molecule has 0 aliphatic carbocycles. The lowest BCUT2D eigenvalue weighted by molar-refractivity contribution is -0.118. The SMILES string of the molecule is Cc1cc(Br)ccc1[C@@H]1SC[C@@H](C#N)Nc2c1c(-c1ccccn1)nn2C.Cc1cc(Br)ccc1[C@@H]1SC[C@@H](C(N)=O)Nc2c1c(-c1ccccn1)nn2C. The number of aromatic nitrogens is 6. The molecule has 4 atom stereocenters. The zero-order chi connectivity index (χ0) is 38.8. The van der Waals surface area contributed by atoms with E-state index in [1.165, 1.54) is 22.3 Å². The molecular weight excluding hydrogens is 860 g/mol. The largest absolute Gasteiger partial charge is 0.368 e. The number of benzene rings is 2. The minimum Gasteiger partial charge on any atom is -0.368 e. The molecule has 0 saturated heterocycles. The number of nitriles is 1. The molecule has 11 nitrogen and oxygen atoms in total. The minimum absolute atomic E-state index is 0.00524. The molecule has 55 heavy (non-hydrogen) atoms. The van der Waals surface area contributed by atoms with Crippen molar-refractivity contribution in [2.75, 3.05) is 22.1 Å². The van der Waals surface area contributed by atoms with Crippen molar-refractivity contribution in [2.24, 2.45) is 19.8 Å². The van der Waals surface area contributed by atoms with Gasteiger partial charge in [0.2, 0.25) is 5.91 Å². The molecule has 0 bridgehead atoms. The van der Waals surface area contributed by atoms with E-state index >= 15 is 0 Å². The van der Waals surface area contributed by atoms with E-state index in [2.05, 4.69) is 103 Å². The van der Waals surface area contributed by atoms with Crippen LogP contribution in [0.2, 0.25) is 0 Å². The second kappa shape index (κ2) is 16.6. The molecule has 15 heteroatoms. The summed E-state index contributed by atoms with van der Waals surface area (Å²) in [6.45, 7) is 4.22. The van der Waals surface area contributed by atoms with Crippen LogP contribution in [0.25, 0.3) is 22.8 Å². The fourth-order valence-corrected chi connectivity index (χ4v) is 10.6. The number of nitrogens with zero attached hydrogens (tertiary/aromatic N) is 7. The van der Waals surface area contributed by atoms with Crippen LogP contribution in [0.15, 0.2) is 94.1 Å². The van der Waals surface area contributed by atoms with E-state index in [0.717, 1.165) is 54.5 Å². The summed E-state index contributed by atoms with van der Waals surface area (Å²) >= 11 is 10.6. The number of pyridine rings is 2. The Morgan fingerprint density at radius 2 is 1.27 bits per heavy atom. The number of halogens is 2. The highest BCUT2D eigenvalue weighted by molar-refractivity contribution is 9.10. The quantitative estimate of drug-likeness (QED) is 0.154. The highest BCUT2D eigenvalue weighted by atomic mass is 79.9. The summed E-state index contributed by atoms with van der Waals surface area (Å²) in [5.41, 5.74) is 15.9. The second-order valence-electron chi connectivity index (χ2n) is 13.3. The number of hydrogen-bond acceptors (Lipinski definition) is 10. The molecule has 4 N–H and O–H groups in total. The van der Waals surface area contributed by atoms with Gasteiger partial charge in [0.1, 0.15) is 35.1 Å². The average Bonchev–Trinajstić information content (AvgIpc) is 3.48. The molecular formula is C40H38Br2N10OS2. The number of aryl methyl sites for hydroxylation is 4. The number of primary amides is 1. The Kier molecular flexibility index (Phi) is 11.7. The maximum atomic E-state index is 12.0. The molecule has 0 radical (unpaired) electrons. The zero-order valence-corrected chi connectivity index (χ0v) is 35.3. The zero-order valence-electron chi connectivity index (χ0n) is 30.5. The van der Waals surface area contributed by atoms with Gasteiger partial charge in [0.05, 0.1) is 28.0 Å². The standard InChI is InChI=1S/C20H20BrN5OS.C20H18BrN5S/c1-11-9-12(21)6-7-13(11)18-16-17(14-5-3-4-8-23-14)25-26(2)20(16)24-15(10-28-18)19(22)27;1-12-9-13(21)6-7-15(12)19-17-18(16-5-3-4-8-23-16)25-26(2)20(17)24-14(10-22)11-27-19/h3-9,15,18,24H,10H2,1-2H3,(H2,22,27);3-9,14,19,24H,11H2,1-2H3/t15-,18-;14-,19+/m01/s1. The molecule has 1 amide bonds. The van der Waals surface area contributed by atoms with Crippen LogP contribution in [-0.2, 0) is 18.9 Å². The number of hydrogen-bond donors (Lipinski definition) is 3. The van der Waals surface area contributed by atoms with Crippen molar-refractivity contribution in [3.63, 3.8) is 0 Å². The lowest BCUT2D eigenvalue weighted by atomic mass is 9.98. The third-order valence-corrected chi connectivity index (χ3v) is 13.2. The van der Waals surface area contributed by atoms with Gasteiger partial charge in [0, 0.05) is 58.1 Å². The number of fused-ring (bicyclic) bond motifs is 2. The first kappa shape index (κ1) is 38.6. The third kappa shape index (κ3) is 8.05. The second-order valence-corrected chi connectivity index (χ2v) is 17.4. The summed E-state index contributed by atoms with van der Waals surface area (Å²) in [5, 5.41) is 25.8. The molecule has 0 unspecified atom stereocenters. The fourth-order valence-electron chi connectivity index (χ4n) is 6.85. The first-order chi connectivity index (χ1) is 26.5. The Hall–Kier alpha value is -4.62. The van der Waals surface area contributed by atoms with Gasteiger partial charge < -0.3 is 16.4 Å². The van der Waals surface area contributed by atoms with Crippen LogP contribution in [-0.4, -0.2) is 59.0 Å². The summed E-state index contributed by atoms with van der Waals surface area (Å²) < 4.78 is 5.71. The topological polar surface area (TPSA) is 152 Å². The van der Waals surface area contributed by atoms with Gasteiger partial charge in [-0.3, -0.25) is 24.1 Å². The summed E-state index contributed by atoms with van der Waals surface area (Å²) in [6.07, 6.45) is 3.55. The van der Waals surface area contributed by atoms with Gasteiger partial charge in [-0.05, 0) is 84.6 Å². The summed E-state index contributed by atoms with van der Waals surface area (Å²) in [5.74, 6) is 2.60. The lowest BCUT2D eigenvalue weighted by Crippen LogP contribution is -2.37. The van der Waals surface area contributed by atoms with E-state index in [-0.39, 0.29) is 22.4 Å². The molecule has 280 valence electrons. The maximum Gasteiger partial charge on any atom is 0.240 e. The number of amides is 1. The van der Waals surface area contributed by atoms with Crippen LogP contribution in [0.3, 0.4) is 0 Å². The monoisotopic (exact) mass is 896 g/mol. The molecule has 8 rings (SSSR count). The van der Waals surface area contributed by atoms with E-state index < -0.39 is 6.04 Å². The Bertz CT molecular complexity index is 2400. The fraction of sp³-hybridized carbons (Fsp3) is 0.250. The van der Waals surface area contributed by atoms with E-state index in [0.29, 0.717) is 11.5 Å². The first-order valence-corrected chi connectivity index (χ1v) is 21.2. The van der Waals surface area contributed by atoms with Crippen LogP contribution < -0.4 is 16.4 Å². The van der Waals surface area contributed by atoms with Crippen molar-refractivity contribution in [1.29, 1.82) is 5.26 Å². The Labute approximate surface area is 345 Å². The number of nitrogens with one attached hydrogen (secondary N) is 2. The summed E-state index contributed by atoms with van der Waals surface area (Å²) in [6, 6.07) is 25.9. The summed E-state index contributed by atoms with van der Waals surface area (Å²) in [7, 11) is 3.78. The van der Waals surface area contributed by atoms with Crippen LogP contribution in [0.5, 0.6) is 0 Å².